The minimum atomic E-state index is -0.790. The molecule has 2 N–H and O–H groups in total. The Kier molecular flexibility index (Phi) is 3.46. The maximum absolute atomic E-state index is 11.4. The number of nitrogens with zero attached hydrogens (tertiary/aromatic N) is 1. The van der Waals surface area contributed by atoms with Crippen LogP contribution in [0, 0.1) is 11.5 Å². The van der Waals surface area contributed by atoms with Crippen LogP contribution in [0.2, 0.25) is 0 Å². The van der Waals surface area contributed by atoms with Gasteiger partial charge in [0.1, 0.15) is 6.04 Å². The van der Waals surface area contributed by atoms with Crippen molar-refractivity contribution in [3.05, 3.63) is 24.2 Å². The van der Waals surface area contributed by atoms with Gasteiger partial charge in [-0.1, -0.05) is 0 Å². The van der Waals surface area contributed by atoms with E-state index in [0.29, 0.717) is 0 Å². The standard InChI is InChI=1S/C9H9N3O3/c1-6(8(13)11-5-10)12-9(14)7-3-2-4-15-7/h2-4,6H,1H3,(H,11,13)(H,12,14). The van der Waals surface area contributed by atoms with E-state index >= 15 is 0 Å². The summed E-state index contributed by atoms with van der Waals surface area (Å²) in [4.78, 5) is 22.4. The van der Waals surface area contributed by atoms with Gasteiger partial charge in [0.25, 0.3) is 11.8 Å². The first-order valence-electron chi connectivity index (χ1n) is 4.18. The fraction of sp³-hybridized carbons (Fsp3) is 0.222. The Morgan fingerprint density at radius 2 is 2.33 bits per heavy atom. The quantitative estimate of drug-likeness (QED) is 0.538. The van der Waals surface area contributed by atoms with Crippen LogP contribution in [0.5, 0.6) is 0 Å². The van der Waals surface area contributed by atoms with E-state index in [9.17, 15) is 9.59 Å². The minimum absolute atomic E-state index is 0.117. The maximum Gasteiger partial charge on any atom is 0.287 e. The van der Waals surface area contributed by atoms with Gasteiger partial charge in [-0.25, -0.2) is 0 Å². The van der Waals surface area contributed by atoms with E-state index in [4.69, 9.17) is 9.68 Å². The minimum Gasteiger partial charge on any atom is -0.459 e. The molecule has 0 aromatic carbocycles. The molecule has 6 nitrogen and oxygen atoms in total. The predicted octanol–water partition coefficient (Wildman–Crippen LogP) is -0.00482. The number of furan rings is 1. The summed E-state index contributed by atoms with van der Waals surface area (Å²) in [5.41, 5.74) is 0. The van der Waals surface area contributed by atoms with E-state index in [1.165, 1.54) is 25.4 Å². The van der Waals surface area contributed by atoms with Crippen molar-refractivity contribution in [2.75, 3.05) is 0 Å². The number of carbonyl (C=O) groups excluding carboxylic acids is 2. The zero-order chi connectivity index (χ0) is 11.3. The summed E-state index contributed by atoms with van der Waals surface area (Å²) in [6.07, 6.45) is 2.84. The molecule has 0 aliphatic heterocycles. The van der Waals surface area contributed by atoms with Gasteiger partial charge in [-0.2, -0.15) is 5.26 Å². The van der Waals surface area contributed by atoms with Gasteiger partial charge in [0.2, 0.25) is 0 Å². The van der Waals surface area contributed by atoms with E-state index in [0.717, 1.165) is 0 Å². The molecule has 1 heterocycles. The van der Waals surface area contributed by atoms with Gasteiger partial charge in [0.15, 0.2) is 12.0 Å². The first kappa shape index (κ1) is 10.8. The highest BCUT2D eigenvalue weighted by Crippen LogP contribution is 1.99. The molecule has 15 heavy (non-hydrogen) atoms. The summed E-state index contributed by atoms with van der Waals surface area (Å²) in [5.74, 6) is -0.954. The predicted molar refractivity (Wildman–Crippen MR) is 49.4 cm³/mol. The van der Waals surface area contributed by atoms with Crippen LogP contribution in [0.4, 0.5) is 0 Å². The number of hydrogen-bond acceptors (Lipinski definition) is 4. The Hall–Kier alpha value is -2.29. The summed E-state index contributed by atoms with van der Waals surface area (Å²) in [5, 5.41) is 12.5. The van der Waals surface area contributed by atoms with Crippen molar-refractivity contribution in [2.45, 2.75) is 13.0 Å². The third-order valence-electron chi connectivity index (χ3n) is 1.66. The molecule has 1 atom stereocenters. The van der Waals surface area contributed by atoms with Crippen LogP contribution in [-0.4, -0.2) is 17.9 Å². The summed E-state index contributed by atoms with van der Waals surface area (Å²) >= 11 is 0. The van der Waals surface area contributed by atoms with Crippen molar-refractivity contribution in [2.24, 2.45) is 0 Å². The maximum atomic E-state index is 11.4. The fourth-order valence-corrected chi connectivity index (χ4v) is 0.904. The second-order valence-electron chi connectivity index (χ2n) is 2.77. The molecule has 2 amide bonds. The van der Waals surface area contributed by atoms with Crippen LogP contribution in [-0.2, 0) is 4.79 Å². The summed E-state index contributed by atoms with van der Waals surface area (Å²) in [6, 6.07) is 2.25. The van der Waals surface area contributed by atoms with E-state index in [2.05, 4.69) is 5.32 Å². The molecule has 0 radical (unpaired) electrons. The lowest BCUT2D eigenvalue weighted by molar-refractivity contribution is -0.121. The second-order valence-corrected chi connectivity index (χ2v) is 2.77. The van der Waals surface area contributed by atoms with Crippen LogP contribution < -0.4 is 10.6 Å². The summed E-state index contributed by atoms with van der Waals surface area (Å²) < 4.78 is 4.83. The van der Waals surface area contributed by atoms with Crippen molar-refractivity contribution in [3.8, 4) is 6.19 Å². The molecule has 1 rings (SSSR count). The molecule has 0 spiro atoms. The van der Waals surface area contributed by atoms with Crippen molar-refractivity contribution in [1.29, 1.82) is 5.26 Å². The van der Waals surface area contributed by atoms with Crippen LogP contribution in [0.25, 0.3) is 0 Å². The van der Waals surface area contributed by atoms with E-state index in [1.54, 1.807) is 6.07 Å². The lowest BCUT2D eigenvalue weighted by atomic mass is 10.3. The van der Waals surface area contributed by atoms with Gasteiger partial charge in [-0.05, 0) is 19.1 Å². The largest absolute Gasteiger partial charge is 0.459 e. The molecule has 1 aromatic heterocycles. The highest BCUT2D eigenvalue weighted by atomic mass is 16.3. The van der Waals surface area contributed by atoms with Gasteiger partial charge in [-0.3, -0.25) is 14.9 Å². The first-order valence-corrected chi connectivity index (χ1v) is 4.18. The van der Waals surface area contributed by atoms with E-state index in [-0.39, 0.29) is 5.76 Å². The third-order valence-corrected chi connectivity index (χ3v) is 1.66. The lowest BCUT2D eigenvalue weighted by Crippen LogP contribution is -2.43. The molecular weight excluding hydrogens is 198 g/mol. The van der Waals surface area contributed by atoms with E-state index in [1.807, 2.05) is 5.32 Å². The number of nitrogens with one attached hydrogen (secondary N) is 2. The number of carbonyl (C=O) groups is 2. The molecule has 0 fully saturated rings. The highest BCUT2D eigenvalue weighted by molar-refractivity contribution is 5.95. The zero-order valence-electron chi connectivity index (χ0n) is 7.98. The molecule has 78 valence electrons. The van der Waals surface area contributed by atoms with Crippen LogP contribution >= 0.6 is 0 Å². The number of amides is 2. The lowest BCUT2D eigenvalue weighted by Gasteiger charge is -2.09. The summed E-state index contributed by atoms with van der Waals surface area (Å²) in [6.45, 7) is 1.47. The van der Waals surface area contributed by atoms with Gasteiger partial charge in [0.05, 0.1) is 6.26 Å². The van der Waals surface area contributed by atoms with Gasteiger partial charge in [0, 0.05) is 0 Å². The van der Waals surface area contributed by atoms with E-state index < -0.39 is 17.9 Å². The smallest absolute Gasteiger partial charge is 0.287 e. The van der Waals surface area contributed by atoms with Crippen LogP contribution in [0.3, 0.4) is 0 Å². The van der Waals surface area contributed by atoms with Crippen molar-refractivity contribution >= 4 is 11.8 Å². The van der Waals surface area contributed by atoms with Crippen LogP contribution in [0.1, 0.15) is 17.5 Å². The van der Waals surface area contributed by atoms with Crippen molar-refractivity contribution < 1.29 is 14.0 Å². The molecule has 1 aromatic rings. The monoisotopic (exact) mass is 207 g/mol. The number of nitriles is 1. The van der Waals surface area contributed by atoms with Crippen LogP contribution in [0.15, 0.2) is 22.8 Å². The third kappa shape index (κ3) is 2.84. The average molecular weight is 207 g/mol. The SMILES string of the molecule is CC(NC(=O)c1ccco1)C(=O)NC#N. The molecule has 1 unspecified atom stereocenters. The van der Waals surface area contributed by atoms with Gasteiger partial charge in [-0.15, -0.1) is 0 Å². The molecule has 6 heteroatoms. The number of hydrogen-bond donors (Lipinski definition) is 2. The van der Waals surface area contributed by atoms with Gasteiger partial charge >= 0.3 is 0 Å². The first-order chi connectivity index (χ1) is 7.15. The molecular formula is C9H9N3O3. The Morgan fingerprint density at radius 1 is 1.60 bits per heavy atom. The topological polar surface area (TPSA) is 95.1 Å². The Morgan fingerprint density at radius 3 is 2.87 bits per heavy atom. The Labute approximate surface area is 85.9 Å². The van der Waals surface area contributed by atoms with Crippen molar-refractivity contribution in [3.63, 3.8) is 0 Å². The fourth-order valence-electron chi connectivity index (χ4n) is 0.904. The molecule has 0 aliphatic carbocycles. The highest BCUT2D eigenvalue weighted by Gasteiger charge is 2.17. The Balaban J connectivity index is 2.53. The molecule has 0 saturated carbocycles. The Bertz CT molecular complexity index is 391. The van der Waals surface area contributed by atoms with Crippen molar-refractivity contribution in [1.82, 2.24) is 10.6 Å². The van der Waals surface area contributed by atoms with Gasteiger partial charge < -0.3 is 9.73 Å². The second kappa shape index (κ2) is 4.81. The number of rotatable bonds is 3. The normalized spacial score (nSPS) is 11.2. The molecule has 0 saturated heterocycles. The molecule has 0 bridgehead atoms. The molecule has 0 aliphatic rings. The summed E-state index contributed by atoms with van der Waals surface area (Å²) in [7, 11) is 0. The zero-order valence-corrected chi connectivity index (χ0v) is 7.98. The average Bonchev–Trinajstić information content (AvgIpc) is 2.70.